The largest absolute Gasteiger partial charge is 0.497 e. The lowest BCUT2D eigenvalue weighted by atomic mass is 10.1. The van der Waals surface area contributed by atoms with Gasteiger partial charge in [0.2, 0.25) is 0 Å². The number of hydrogen-bond acceptors (Lipinski definition) is 4. The van der Waals surface area contributed by atoms with Crippen LogP contribution >= 0.6 is 11.6 Å². The molecule has 0 atom stereocenters. The highest BCUT2D eigenvalue weighted by Gasteiger charge is 2.13. The second kappa shape index (κ2) is 8.36. The predicted octanol–water partition coefficient (Wildman–Crippen LogP) is 3.13. The van der Waals surface area contributed by atoms with E-state index in [-0.39, 0.29) is 12.5 Å². The van der Waals surface area contributed by atoms with Crippen LogP contribution in [0.15, 0.2) is 42.5 Å². The van der Waals surface area contributed by atoms with Crippen molar-refractivity contribution in [1.29, 1.82) is 0 Å². The second-order valence-corrected chi connectivity index (χ2v) is 5.60. The number of hydrogen-bond donors (Lipinski definition) is 1. The lowest BCUT2D eigenvalue weighted by Crippen LogP contribution is -2.28. The van der Waals surface area contributed by atoms with Crippen molar-refractivity contribution in [2.24, 2.45) is 0 Å². The SMILES string of the molecule is COc1ccc(C(=O)OCC(=O)NCc2cccc(Cl)c2)c(C)c1. The van der Waals surface area contributed by atoms with E-state index in [0.717, 1.165) is 11.1 Å². The molecule has 0 aromatic heterocycles. The quantitative estimate of drug-likeness (QED) is 0.815. The van der Waals surface area contributed by atoms with Gasteiger partial charge in [0.1, 0.15) is 5.75 Å². The van der Waals surface area contributed by atoms with Crippen LogP contribution in [0, 0.1) is 6.92 Å². The molecule has 0 unspecified atom stereocenters. The molecule has 0 aliphatic carbocycles. The van der Waals surface area contributed by atoms with E-state index in [0.29, 0.717) is 22.9 Å². The fourth-order valence-electron chi connectivity index (χ4n) is 2.10. The molecule has 1 amide bonds. The molecule has 0 saturated carbocycles. The van der Waals surface area contributed by atoms with Crippen molar-refractivity contribution in [3.8, 4) is 5.75 Å². The van der Waals surface area contributed by atoms with E-state index < -0.39 is 5.97 Å². The molecule has 0 radical (unpaired) electrons. The number of aryl methyl sites for hydroxylation is 1. The summed E-state index contributed by atoms with van der Waals surface area (Å²) in [4.78, 5) is 23.8. The fourth-order valence-corrected chi connectivity index (χ4v) is 2.31. The van der Waals surface area contributed by atoms with Gasteiger partial charge in [0.05, 0.1) is 12.7 Å². The third kappa shape index (κ3) is 4.99. The van der Waals surface area contributed by atoms with Crippen molar-refractivity contribution in [2.45, 2.75) is 13.5 Å². The summed E-state index contributed by atoms with van der Waals surface area (Å²) in [5, 5.41) is 3.27. The Bertz CT molecular complexity index is 746. The van der Waals surface area contributed by atoms with Gasteiger partial charge in [-0.3, -0.25) is 4.79 Å². The average molecular weight is 348 g/mol. The number of ether oxygens (including phenoxy) is 2. The molecule has 1 N–H and O–H groups in total. The Morgan fingerprint density at radius 1 is 1.17 bits per heavy atom. The zero-order chi connectivity index (χ0) is 17.5. The summed E-state index contributed by atoms with van der Waals surface area (Å²) in [6.07, 6.45) is 0. The van der Waals surface area contributed by atoms with Crippen molar-refractivity contribution < 1.29 is 19.1 Å². The van der Waals surface area contributed by atoms with E-state index in [9.17, 15) is 9.59 Å². The number of esters is 1. The molecule has 126 valence electrons. The van der Waals surface area contributed by atoms with Crippen molar-refractivity contribution in [2.75, 3.05) is 13.7 Å². The van der Waals surface area contributed by atoms with Crippen LogP contribution in [0.1, 0.15) is 21.5 Å². The first kappa shape index (κ1) is 17.8. The molecule has 24 heavy (non-hydrogen) atoms. The smallest absolute Gasteiger partial charge is 0.338 e. The molecule has 2 aromatic carbocycles. The summed E-state index contributed by atoms with van der Waals surface area (Å²) in [6, 6.07) is 12.2. The first-order chi connectivity index (χ1) is 11.5. The molecule has 2 aromatic rings. The zero-order valence-electron chi connectivity index (χ0n) is 13.5. The summed E-state index contributed by atoms with van der Waals surface area (Å²) in [5.74, 6) is -0.272. The third-order valence-corrected chi connectivity index (χ3v) is 3.60. The van der Waals surface area contributed by atoms with Gasteiger partial charge in [-0.15, -0.1) is 0 Å². The zero-order valence-corrected chi connectivity index (χ0v) is 14.2. The molecule has 0 spiro atoms. The Hall–Kier alpha value is -2.53. The Morgan fingerprint density at radius 3 is 2.62 bits per heavy atom. The maximum Gasteiger partial charge on any atom is 0.338 e. The van der Waals surface area contributed by atoms with Crippen LogP contribution in [-0.2, 0) is 16.1 Å². The summed E-state index contributed by atoms with van der Waals surface area (Å²) in [6.45, 7) is 1.75. The Balaban J connectivity index is 1.84. The molecule has 0 aliphatic heterocycles. The molecular weight excluding hydrogens is 330 g/mol. The lowest BCUT2D eigenvalue weighted by molar-refractivity contribution is -0.124. The van der Waals surface area contributed by atoms with Gasteiger partial charge in [0.15, 0.2) is 6.61 Å². The molecule has 0 aliphatic rings. The van der Waals surface area contributed by atoms with Gasteiger partial charge in [0.25, 0.3) is 5.91 Å². The monoisotopic (exact) mass is 347 g/mol. The minimum absolute atomic E-state index is 0.318. The highest BCUT2D eigenvalue weighted by Crippen LogP contribution is 2.17. The van der Waals surface area contributed by atoms with Crippen LogP contribution in [0.2, 0.25) is 5.02 Å². The van der Waals surface area contributed by atoms with Gasteiger partial charge in [0, 0.05) is 11.6 Å². The number of carbonyl (C=O) groups excluding carboxylic acids is 2. The minimum atomic E-state index is -0.548. The predicted molar refractivity (Wildman–Crippen MR) is 91.3 cm³/mol. The number of amides is 1. The number of rotatable bonds is 6. The normalized spacial score (nSPS) is 10.1. The van der Waals surface area contributed by atoms with Crippen LogP contribution in [0.4, 0.5) is 0 Å². The van der Waals surface area contributed by atoms with Gasteiger partial charge < -0.3 is 14.8 Å². The average Bonchev–Trinajstić information content (AvgIpc) is 2.57. The van der Waals surface area contributed by atoms with E-state index >= 15 is 0 Å². The van der Waals surface area contributed by atoms with E-state index in [2.05, 4.69) is 5.32 Å². The second-order valence-electron chi connectivity index (χ2n) is 5.16. The summed E-state index contributed by atoms with van der Waals surface area (Å²) >= 11 is 5.88. The molecule has 0 fully saturated rings. The van der Waals surface area contributed by atoms with Gasteiger partial charge in [-0.1, -0.05) is 23.7 Å². The maximum atomic E-state index is 12.0. The van der Waals surface area contributed by atoms with Crippen LogP contribution in [-0.4, -0.2) is 25.6 Å². The Morgan fingerprint density at radius 2 is 1.96 bits per heavy atom. The van der Waals surface area contributed by atoms with Crippen molar-refractivity contribution in [3.63, 3.8) is 0 Å². The van der Waals surface area contributed by atoms with Crippen LogP contribution < -0.4 is 10.1 Å². The van der Waals surface area contributed by atoms with Crippen molar-refractivity contribution >= 4 is 23.5 Å². The number of benzene rings is 2. The molecule has 2 rings (SSSR count). The number of nitrogens with one attached hydrogen (secondary N) is 1. The Kier molecular flexibility index (Phi) is 6.21. The van der Waals surface area contributed by atoms with Gasteiger partial charge in [-0.05, 0) is 48.4 Å². The number of carbonyl (C=O) groups is 2. The number of halogens is 1. The number of methoxy groups -OCH3 is 1. The van der Waals surface area contributed by atoms with Gasteiger partial charge in [-0.25, -0.2) is 4.79 Å². The molecule has 0 bridgehead atoms. The van der Waals surface area contributed by atoms with Crippen LogP contribution in [0.5, 0.6) is 5.75 Å². The fraction of sp³-hybridized carbons (Fsp3) is 0.222. The van der Waals surface area contributed by atoms with Crippen LogP contribution in [0.25, 0.3) is 0 Å². The van der Waals surface area contributed by atoms with E-state index in [4.69, 9.17) is 21.1 Å². The first-order valence-electron chi connectivity index (χ1n) is 7.32. The summed E-state index contributed by atoms with van der Waals surface area (Å²) in [7, 11) is 1.55. The van der Waals surface area contributed by atoms with Crippen LogP contribution in [0.3, 0.4) is 0 Å². The summed E-state index contributed by atoms with van der Waals surface area (Å²) < 4.78 is 10.1. The van der Waals surface area contributed by atoms with E-state index in [1.165, 1.54) is 0 Å². The van der Waals surface area contributed by atoms with E-state index in [1.54, 1.807) is 50.4 Å². The first-order valence-corrected chi connectivity index (χ1v) is 7.70. The van der Waals surface area contributed by atoms with Gasteiger partial charge in [-0.2, -0.15) is 0 Å². The molecule has 5 nitrogen and oxygen atoms in total. The van der Waals surface area contributed by atoms with E-state index in [1.807, 2.05) is 6.07 Å². The highest BCUT2D eigenvalue weighted by atomic mass is 35.5. The minimum Gasteiger partial charge on any atom is -0.497 e. The lowest BCUT2D eigenvalue weighted by Gasteiger charge is -2.09. The topological polar surface area (TPSA) is 64.6 Å². The molecule has 0 saturated heterocycles. The standard InChI is InChI=1S/C18H18ClNO4/c1-12-8-15(23-2)6-7-16(12)18(22)24-11-17(21)20-10-13-4-3-5-14(19)9-13/h3-9H,10-11H2,1-2H3,(H,20,21). The maximum absolute atomic E-state index is 12.0. The van der Waals surface area contributed by atoms with Crippen molar-refractivity contribution in [3.05, 3.63) is 64.2 Å². The summed E-state index contributed by atoms with van der Waals surface area (Å²) in [5.41, 5.74) is 1.99. The van der Waals surface area contributed by atoms with Gasteiger partial charge >= 0.3 is 5.97 Å². The molecule has 6 heteroatoms. The molecule has 0 heterocycles. The van der Waals surface area contributed by atoms with Crippen molar-refractivity contribution in [1.82, 2.24) is 5.32 Å². The third-order valence-electron chi connectivity index (χ3n) is 3.37. The Labute approximate surface area is 145 Å². The highest BCUT2D eigenvalue weighted by molar-refractivity contribution is 6.30. The molecular formula is C18H18ClNO4.